The van der Waals surface area contributed by atoms with Gasteiger partial charge in [0.05, 0.1) is 6.54 Å². The van der Waals surface area contributed by atoms with Crippen LogP contribution in [0.15, 0.2) is 61.1 Å². The molecular formula is C20H19BrN4O6. The number of aromatic nitrogens is 2. The summed E-state index contributed by atoms with van der Waals surface area (Å²) in [6.45, 7) is 1.12. The van der Waals surface area contributed by atoms with Gasteiger partial charge >= 0.3 is 11.7 Å². The lowest BCUT2D eigenvalue weighted by atomic mass is 10.2. The Morgan fingerprint density at radius 2 is 1.90 bits per heavy atom. The van der Waals surface area contributed by atoms with Crippen LogP contribution in [0.5, 0.6) is 0 Å². The molecule has 0 aliphatic heterocycles. The summed E-state index contributed by atoms with van der Waals surface area (Å²) in [6, 6.07) is 11.9. The maximum Gasteiger partial charge on any atom is 0.374 e. The fourth-order valence-electron chi connectivity index (χ4n) is 2.92. The number of benzene rings is 1. The molecule has 1 amide bonds. The van der Waals surface area contributed by atoms with Crippen molar-refractivity contribution in [2.75, 3.05) is 23.8 Å². The summed E-state index contributed by atoms with van der Waals surface area (Å²) in [5, 5.41) is 0. The average Bonchev–Trinajstić information content (AvgIpc) is 3.19. The van der Waals surface area contributed by atoms with E-state index in [9.17, 15) is 19.2 Å². The molecule has 0 spiro atoms. The minimum absolute atomic E-state index is 0.0551. The third-order valence-electron chi connectivity index (χ3n) is 4.39. The topological polar surface area (TPSA) is 141 Å². The lowest BCUT2D eigenvalue weighted by Crippen LogP contribution is -2.42. The summed E-state index contributed by atoms with van der Waals surface area (Å²) < 4.78 is 11.5. The molecule has 0 saturated heterocycles. The molecule has 0 saturated carbocycles. The first kappa shape index (κ1) is 22.1. The van der Waals surface area contributed by atoms with Gasteiger partial charge in [0, 0.05) is 6.54 Å². The molecule has 2 aromatic heterocycles. The van der Waals surface area contributed by atoms with Crippen LogP contribution in [0.4, 0.5) is 11.5 Å². The van der Waals surface area contributed by atoms with Crippen LogP contribution in [0.3, 0.4) is 0 Å². The molecule has 3 aromatic rings. The number of nitrogens with two attached hydrogens (primary N) is 1. The lowest BCUT2D eigenvalue weighted by Gasteiger charge is -2.23. The minimum atomic E-state index is -0.842. The zero-order chi connectivity index (χ0) is 22.5. The van der Waals surface area contributed by atoms with Crippen molar-refractivity contribution in [3.05, 3.63) is 79.3 Å². The number of hydrogen-bond donors (Lipinski definition) is 2. The number of anilines is 2. The Balaban J connectivity index is 1.85. The van der Waals surface area contributed by atoms with Crippen molar-refractivity contribution in [1.82, 2.24) is 9.55 Å². The number of nitrogens with zero attached hydrogens (tertiary/aromatic N) is 2. The monoisotopic (exact) mass is 490 g/mol. The Hall–Kier alpha value is -3.60. The molecule has 0 unspecified atom stereocenters. The highest BCUT2D eigenvalue weighted by molar-refractivity contribution is 9.10. The normalized spacial score (nSPS) is 10.6. The molecule has 0 aliphatic carbocycles. The number of esters is 1. The van der Waals surface area contributed by atoms with Crippen LogP contribution in [0, 0.1) is 0 Å². The Labute approximate surface area is 184 Å². The number of amides is 1. The smallest absolute Gasteiger partial charge is 0.374 e. The molecule has 1 aromatic carbocycles. The maximum absolute atomic E-state index is 12.7. The van der Waals surface area contributed by atoms with Gasteiger partial charge in [-0.2, -0.15) is 0 Å². The maximum atomic E-state index is 12.7. The van der Waals surface area contributed by atoms with Crippen molar-refractivity contribution in [3.8, 4) is 0 Å². The van der Waals surface area contributed by atoms with E-state index in [1.807, 2.05) is 6.07 Å². The highest BCUT2D eigenvalue weighted by Gasteiger charge is 2.24. The molecule has 31 heavy (non-hydrogen) atoms. The molecule has 0 radical (unpaired) electrons. The van der Waals surface area contributed by atoms with E-state index in [1.54, 1.807) is 31.2 Å². The van der Waals surface area contributed by atoms with E-state index < -0.39 is 29.7 Å². The predicted octanol–water partition coefficient (Wildman–Crippen LogP) is 1.73. The highest BCUT2D eigenvalue weighted by atomic mass is 79.9. The molecule has 0 aliphatic rings. The summed E-state index contributed by atoms with van der Waals surface area (Å²) in [5.41, 5.74) is 5.19. The highest BCUT2D eigenvalue weighted by Crippen LogP contribution is 2.18. The molecular weight excluding hydrogens is 472 g/mol. The summed E-state index contributed by atoms with van der Waals surface area (Å²) >= 11 is 3.07. The molecule has 2 heterocycles. The number of halogens is 1. The zero-order valence-electron chi connectivity index (χ0n) is 16.5. The SMILES string of the molecule is CCN(C(=O)COC(=O)c1ccc(Br)o1)c1c(N)n(Cc2ccccc2)c(=O)[nH]c1=O. The van der Waals surface area contributed by atoms with E-state index in [0.717, 1.165) is 15.0 Å². The van der Waals surface area contributed by atoms with Gasteiger partial charge in [0.1, 0.15) is 5.82 Å². The number of aromatic amines is 1. The van der Waals surface area contributed by atoms with Gasteiger partial charge < -0.3 is 19.8 Å². The lowest BCUT2D eigenvalue weighted by molar-refractivity contribution is -0.121. The number of carbonyl (C=O) groups is 2. The van der Waals surface area contributed by atoms with E-state index in [2.05, 4.69) is 20.9 Å². The van der Waals surface area contributed by atoms with Crippen LogP contribution in [-0.4, -0.2) is 34.6 Å². The first-order chi connectivity index (χ1) is 14.8. The largest absolute Gasteiger partial charge is 0.450 e. The second-order valence-electron chi connectivity index (χ2n) is 6.38. The van der Waals surface area contributed by atoms with E-state index in [0.29, 0.717) is 4.67 Å². The van der Waals surface area contributed by atoms with Gasteiger partial charge in [-0.3, -0.25) is 19.1 Å². The Bertz CT molecular complexity index is 1210. The molecule has 0 fully saturated rings. The second kappa shape index (κ2) is 9.47. The third-order valence-corrected chi connectivity index (χ3v) is 4.81. The van der Waals surface area contributed by atoms with Gasteiger partial charge in [0.25, 0.3) is 11.5 Å². The number of H-pyrrole nitrogens is 1. The van der Waals surface area contributed by atoms with Gasteiger partial charge in [-0.1, -0.05) is 30.3 Å². The van der Waals surface area contributed by atoms with Crippen LogP contribution >= 0.6 is 15.9 Å². The number of rotatable bonds is 7. The second-order valence-corrected chi connectivity index (χ2v) is 7.16. The third kappa shape index (κ3) is 4.94. The van der Waals surface area contributed by atoms with Crippen molar-refractivity contribution in [1.29, 1.82) is 0 Å². The number of hydrogen-bond acceptors (Lipinski definition) is 7. The predicted molar refractivity (Wildman–Crippen MR) is 116 cm³/mol. The van der Waals surface area contributed by atoms with Crippen LogP contribution in [0.1, 0.15) is 23.0 Å². The van der Waals surface area contributed by atoms with Crippen LogP contribution in [-0.2, 0) is 16.1 Å². The van der Waals surface area contributed by atoms with E-state index in [-0.39, 0.29) is 30.4 Å². The number of ether oxygens (including phenoxy) is 1. The number of likely N-dealkylation sites (N-methyl/N-ethyl adjacent to an activating group) is 1. The van der Waals surface area contributed by atoms with Gasteiger partial charge in [-0.25, -0.2) is 9.59 Å². The molecule has 0 bridgehead atoms. The number of nitrogens with one attached hydrogen (secondary N) is 1. The average molecular weight is 491 g/mol. The van der Waals surface area contributed by atoms with Crippen molar-refractivity contribution in [2.45, 2.75) is 13.5 Å². The van der Waals surface area contributed by atoms with E-state index in [4.69, 9.17) is 14.9 Å². The molecule has 3 rings (SSSR count). The zero-order valence-corrected chi connectivity index (χ0v) is 18.0. The van der Waals surface area contributed by atoms with Gasteiger partial charge in [-0.05, 0) is 40.5 Å². The van der Waals surface area contributed by atoms with Crippen molar-refractivity contribution < 1.29 is 18.7 Å². The molecule has 0 atom stereocenters. The van der Waals surface area contributed by atoms with E-state index >= 15 is 0 Å². The van der Waals surface area contributed by atoms with Gasteiger partial charge in [0.2, 0.25) is 5.76 Å². The van der Waals surface area contributed by atoms with E-state index in [1.165, 1.54) is 12.1 Å². The standard InChI is InChI=1S/C20H19BrN4O6/c1-2-24(15(26)11-30-19(28)13-8-9-14(21)31-13)16-17(22)25(20(29)23-18(16)27)10-12-6-4-3-5-7-12/h3-9H,2,10-11,22H2,1H3,(H,23,27,29). The van der Waals surface area contributed by atoms with Crippen molar-refractivity contribution in [2.24, 2.45) is 0 Å². The fourth-order valence-corrected chi connectivity index (χ4v) is 3.23. The summed E-state index contributed by atoms with van der Waals surface area (Å²) in [5.74, 6) is -1.79. The van der Waals surface area contributed by atoms with Crippen LogP contribution < -0.4 is 21.9 Å². The number of carbonyl (C=O) groups excluding carboxylic acids is 2. The minimum Gasteiger partial charge on any atom is -0.450 e. The summed E-state index contributed by atoms with van der Waals surface area (Å²) in [6.07, 6.45) is 0. The first-order valence-corrected chi connectivity index (χ1v) is 10.0. The number of furan rings is 1. The van der Waals surface area contributed by atoms with Gasteiger partial charge in [0.15, 0.2) is 17.0 Å². The summed E-state index contributed by atoms with van der Waals surface area (Å²) in [4.78, 5) is 52.7. The summed E-state index contributed by atoms with van der Waals surface area (Å²) in [7, 11) is 0. The van der Waals surface area contributed by atoms with Crippen LogP contribution in [0.2, 0.25) is 0 Å². The van der Waals surface area contributed by atoms with Crippen LogP contribution in [0.25, 0.3) is 0 Å². The molecule has 11 heteroatoms. The Morgan fingerprint density at radius 3 is 2.52 bits per heavy atom. The Morgan fingerprint density at radius 1 is 1.19 bits per heavy atom. The Kier molecular flexibility index (Phi) is 6.75. The fraction of sp³-hybridized carbons (Fsp3) is 0.200. The molecule has 10 nitrogen and oxygen atoms in total. The molecule has 3 N–H and O–H groups in total. The van der Waals surface area contributed by atoms with Crippen molar-refractivity contribution in [3.63, 3.8) is 0 Å². The van der Waals surface area contributed by atoms with Crippen molar-refractivity contribution >= 4 is 39.3 Å². The molecule has 162 valence electrons. The van der Waals surface area contributed by atoms with Gasteiger partial charge in [-0.15, -0.1) is 0 Å². The first-order valence-electron chi connectivity index (χ1n) is 9.21. The number of nitrogen functional groups attached to an aromatic ring is 1. The quantitative estimate of drug-likeness (QED) is 0.480.